The molecule has 4 N–H and O–H groups in total. The number of halogens is 5. The summed E-state index contributed by atoms with van der Waals surface area (Å²) in [7, 11) is 0. The molecule has 1 aromatic heterocycles. The van der Waals surface area contributed by atoms with Crippen molar-refractivity contribution in [1.29, 1.82) is 0 Å². The van der Waals surface area contributed by atoms with E-state index in [0.29, 0.717) is 28.3 Å². The minimum Gasteiger partial charge on any atom is -0.381 e. The summed E-state index contributed by atoms with van der Waals surface area (Å²) in [6.07, 6.45) is -3.54. The molecule has 0 spiro atoms. The minimum atomic E-state index is -4.90. The molecule has 0 aliphatic carbocycles. The molecule has 1 saturated heterocycles. The zero-order valence-corrected chi connectivity index (χ0v) is 20.6. The molecule has 39 heavy (non-hydrogen) atoms. The van der Waals surface area contributed by atoms with E-state index in [2.05, 4.69) is 15.6 Å². The summed E-state index contributed by atoms with van der Waals surface area (Å²) in [5.74, 6) is -3.45. The quantitative estimate of drug-likeness (QED) is 0.369. The van der Waals surface area contributed by atoms with Gasteiger partial charge in [0.2, 0.25) is 5.91 Å². The van der Waals surface area contributed by atoms with Crippen LogP contribution >= 0.6 is 0 Å². The van der Waals surface area contributed by atoms with Crippen LogP contribution < -0.4 is 21.3 Å². The SMILES string of the molecule is NC(=O)Cc1cnc(Nc2cccc(N3CCN(C(=O)C(F)(F)F)CC3)c2)cc1NCc1cc(F)cc(F)c1. The van der Waals surface area contributed by atoms with Gasteiger partial charge in [-0.05, 0) is 35.9 Å². The summed E-state index contributed by atoms with van der Waals surface area (Å²) in [5.41, 5.74) is 8.05. The lowest BCUT2D eigenvalue weighted by atomic mass is 10.1. The molecule has 2 amide bonds. The van der Waals surface area contributed by atoms with Crippen LogP contribution in [0.2, 0.25) is 0 Å². The monoisotopic (exact) mass is 548 g/mol. The first kappa shape index (κ1) is 27.6. The summed E-state index contributed by atoms with van der Waals surface area (Å²) in [4.78, 5) is 30.0. The summed E-state index contributed by atoms with van der Waals surface area (Å²) in [5, 5.41) is 6.20. The van der Waals surface area contributed by atoms with E-state index in [1.165, 1.54) is 18.3 Å². The van der Waals surface area contributed by atoms with Gasteiger partial charge < -0.3 is 26.2 Å². The Kier molecular flexibility index (Phi) is 8.17. The van der Waals surface area contributed by atoms with Crippen molar-refractivity contribution in [3.05, 3.63) is 77.5 Å². The predicted molar refractivity (Wildman–Crippen MR) is 135 cm³/mol. The summed E-state index contributed by atoms with van der Waals surface area (Å²) >= 11 is 0. The number of rotatable bonds is 8. The number of carbonyl (C=O) groups excluding carboxylic acids is 2. The lowest BCUT2D eigenvalue weighted by Crippen LogP contribution is -2.52. The fourth-order valence-corrected chi connectivity index (χ4v) is 4.23. The van der Waals surface area contributed by atoms with E-state index < -0.39 is 29.6 Å². The first-order valence-corrected chi connectivity index (χ1v) is 11.9. The Morgan fingerprint density at radius 3 is 2.31 bits per heavy atom. The molecule has 1 fully saturated rings. The Morgan fingerprint density at radius 2 is 1.67 bits per heavy atom. The van der Waals surface area contributed by atoms with Crippen LogP contribution in [-0.2, 0) is 22.6 Å². The highest BCUT2D eigenvalue weighted by molar-refractivity contribution is 5.82. The standard InChI is InChI=1S/C26H25F5N6O2/c27-18-8-16(9-19(28)11-18)14-33-22-13-24(34-15-17(22)10-23(32)38)35-20-2-1-3-21(12-20)36-4-6-37(7-5-36)25(39)26(29,30)31/h1-3,8-9,11-13,15H,4-7,10,14H2,(H2,32,38)(H2,33,34,35). The molecule has 0 radical (unpaired) electrons. The smallest absolute Gasteiger partial charge is 0.381 e. The second-order valence-corrected chi connectivity index (χ2v) is 8.95. The molecule has 0 atom stereocenters. The van der Waals surface area contributed by atoms with Crippen molar-refractivity contribution in [3.8, 4) is 0 Å². The number of nitrogens with two attached hydrogens (primary N) is 1. The van der Waals surface area contributed by atoms with E-state index >= 15 is 0 Å². The van der Waals surface area contributed by atoms with Gasteiger partial charge in [-0.3, -0.25) is 9.59 Å². The topological polar surface area (TPSA) is 104 Å². The number of hydrogen-bond donors (Lipinski definition) is 3. The van der Waals surface area contributed by atoms with E-state index in [1.807, 2.05) is 4.90 Å². The van der Waals surface area contributed by atoms with Gasteiger partial charge in [-0.1, -0.05) is 6.07 Å². The van der Waals surface area contributed by atoms with Gasteiger partial charge in [-0.2, -0.15) is 13.2 Å². The fourth-order valence-electron chi connectivity index (χ4n) is 4.23. The van der Waals surface area contributed by atoms with Crippen molar-refractivity contribution >= 4 is 34.7 Å². The van der Waals surface area contributed by atoms with Crippen LogP contribution in [0.1, 0.15) is 11.1 Å². The highest BCUT2D eigenvalue weighted by Gasteiger charge is 2.43. The molecule has 4 rings (SSSR count). The van der Waals surface area contributed by atoms with Gasteiger partial charge in [0.05, 0.1) is 6.42 Å². The lowest BCUT2D eigenvalue weighted by molar-refractivity contribution is -0.185. The van der Waals surface area contributed by atoms with Crippen molar-refractivity contribution in [1.82, 2.24) is 9.88 Å². The van der Waals surface area contributed by atoms with Gasteiger partial charge in [0.25, 0.3) is 0 Å². The third-order valence-electron chi connectivity index (χ3n) is 6.05. The Labute approximate surface area is 220 Å². The van der Waals surface area contributed by atoms with Crippen molar-refractivity contribution in [2.45, 2.75) is 19.1 Å². The number of hydrogen-bond acceptors (Lipinski definition) is 6. The van der Waals surface area contributed by atoms with Crippen LogP contribution in [0.15, 0.2) is 54.7 Å². The third-order valence-corrected chi connectivity index (χ3v) is 6.05. The summed E-state index contributed by atoms with van der Waals surface area (Å²) in [6.45, 7) is 0.439. The van der Waals surface area contributed by atoms with Gasteiger partial charge in [0, 0.05) is 73.7 Å². The highest BCUT2D eigenvalue weighted by atomic mass is 19.4. The maximum atomic E-state index is 13.6. The van der Waals surface area contributed by atoms with Gasteiger partial charge in [-0.25, -0.2) is 13.8 Å². The zero-order chi connectivity index (χ0) is 28.2. The Bertz CT molecular complexity index is 1340. The number of carbonyl (C=O) groups is 2. The van der Waals surface area contributed by atoms with Crippen molar-refractivity contribution in [2.75, 3.05) is 41.7 Å². The van der Waals surface area contributed by atoms with Gasteiger partial charge in [-0.15, -0.1) is 0 Å². The molecule has 0 bridgehead atoms. The molecule has 0 saturated carbocycles. The molecule has 13 heteroatoms. The molecule has 1 aliphatic rings. The largest absolute Gasteiger partial charge is 0.471 e. The number of anilines is 4. The molecule has 0 unspecified atom stereocenters. The van der Waals surface area contributed by atoms with E-state index in [4.69, 9.17) is 5.73 Å². The Balaban J connectivity index is 1.46. The van der Waals surface area contributed by atoms with Gasteiger partial charge in [0.15, 0.2) is 0 Å². The number of alkyl halides is 3. The lowest BCUT2D eigenvalue weighted by Gasteiger charge is -2.36. The average Bonchev–Trinajstić information content (AvgIpc) is 2.87. The first-order chi connectivity index (χ1) is 18.5. The van der Waals surface area contributed by atoms with E-state index in [1.54, 1.807) is 30.3 Å². The van der Waals surface area contributed by atoms with E-state index in [0.717, 1.165) is 16.7 Å². The number of pyridine rings is 1. The number of benzene rings is 2. The van der Waals surface area contributed by atoms with Crippen LogP contribution in [-0.4, -0.2) is 54.1 Å². The number of primary amides is 1. The highest BCUT2D eigenvalue weighted by Crippen LogP contribution is 2.27. The number of nitrogens with one attached hydrogen (secondary N) is 2. The Hall–Kier alpha value is -4.42. The van der Waals surface area contributed by atoms with E-state index in [-0.39, 0.29) is 39.1 Å². The first-order valence-electron chi connectivity index (χ1n) is 11.9. The number of piperazine rings is 1. The van der Waals surface area contributed by atoms with E-state index in [9.17, 15) is 31.5 Å². The van der Waals surface area contributed by atoms with Crippen LogP contribution in [0.4, 0.5) is 44.8 Å². The summed E-state index contributed by atoms with van der Waals surface area (Å²) in [6, 6.07) is 11.9. The van der Waals surface area contributed by atoms with Crippen LogP contribution in [0.3, 0.4) is 0 Å². The number of aromatic nitrogens is 1. The molecular formula is C26H25F5N6O2. The molecule has 8 nitrogen and oxygen atoms in total. The van der Waals surface area contributed by atoms with Gasteiger partial charge >= 0.3 is 12.1 Å². The maximum Gasteiger partial charge on any atom is 0.471 e. The minimum absolute atomic E-state index is 0.0525. The van der Waals surface area contributed by atoms with Crippen LogP contribution in [0, 0.1) is 11.6 Å². The van der Waals surface area contributed by atoms with Gasteiger partial charge in [0.1, 0.15) is 17.5 Å². The second-order valence-electron chi connectivity index (χ2n) is 8.95. The molecule has 2 heterocycles. The number of nitrogens with zero attached hydrogens (tertiary/aromatic N) is 3. The predicted octanol–water partition coefficient (Wildman–Crippen LogP) is 3.95. The average molecular weight is 549 g/mol. The second kappa shape index (κ2) is 11.5. The zero-order valence-electron chi connectivity index (χ0n) is 20.6. The molecule has 1 aliphatic heterocycles. The fraction of sp³-hybridized carbons (Fsp3) is 0.269. The maximum absolute atomic E-state index is 13.6. The van der Waals surface area contributed by atoms with Crippen molar-refractivity contribution in [2.24, 2.45) is 5.73 Å². The Morgan fingerprint density at radius 1 is 0.974 bits per heavy atom. The van der Waals surface area contributed by atoms with Crippen molar-refractivity contribution in [3.63, 3.8) is 0 Å². The molecular weight excluding hydrogens is 523 g/mol. The molecule has 206 valence electrons. The number of amides is 2. The van der Waals surface area contributed by atoms with Crippen molar-refractivity contribution < 1.29 is 31.5 Å². The van der Waals surface area contributed by atoms with Crippen LogP contribution in [0.5, 0.6) is 0 Å². The molecule has 3 aromatic rings. The normalized spacial score (nSPS) is 13.8. The molecule has 2 aromatic carbocycles. The summed E-state index contributed by atoms with van der Waals surface area (Å²) < 4.78 is 65.3. The third kappa shape index (κ3) is 7.33. The van der Waals surface area contributed by atoms with Crippen LogP contribution in [0.25, 0.3) is 0 Å².